The van der Waals surface area contributed by atoms with Crippen molar-refractivity contribution in [1.29, 1.82) is 0 Å². The molecule has 0 bridgehead atoms. The van der Waals surface area contributed by atoms with Crippen molar-refractivity contribution >= 4 is 6.09 Å². The van der Waals surface area contributed by atoms with Gasteiger partial charge in [0.1, 0.15) is 5.75 Å². The number of ether oxygens (including phenoxy) is 1. The van der Waals surface area contributed by atoms with Crippen molar-refractivity contribution < 1.29 is 9.53 Å². The van der Waals surface area contributed by atoms with Gasteiger partial charge in [-0.05, 0) is 23.3 Å². The Hall–Kier alpha value is -2.29. The molecule has 0 aliphatic rings. The molecule has 0 atom stereocenters. The maximum absolute atomic E-state index is 10.5. The second-order valence-corrected chi connectivity index (χ2v) is 3.31. The van der Waals surface area contributed by atoms with Gasteiger partial charge in [0.25, 0.3) is 0 Å². The molecule has 16 heavy (non-hydrogen) atoms. The van der Waals surface area contributed by atoms with Crippen LogP contribution in [0, 0.1) is 0 Å². The lowest BCUT2D eigenvalue weighted by Crippen LogP contribution is -2.16. The van der Waals surface area contributed by atoms with Crippen molar-refractivity contribution in [3.8, 4) is 16.9 Å². The van der Waals surface area contributed by atoms with Gasteiger partial charge >= 0.3 is 6.09 Å². The Bertz CT molecular complexity index is 477. The molecule has 0 radical (unpaired) electrons. The molecule has 0 fully saturated rings. The zero-order chi connectivity index (χ0) is 11.4. The van der Waals surface area contributed by atoms with E-state index in [0.29, 0.717) is 5.75 Å². The molecule has 0 aliphatic carbocycles. The molecule has 0 aromatic heterocycles. The summed E-state index contributed by atoms with van der Waals surface area (Å²) in [5.41, 5.74) is 7.10. The molecule has 0 saturated carbocycles. The summed E-state index contributed by atoms with van der Waals surface area (Å²) in [5.74, 6) is 0.451. The van der Waals surface area contributed by atoms with Crippen LogP contribution in [0.1, 0.15) is 0 Å². The van der Waals surface area contributed by atoms with E-state index in [2.05, 4.69) is 0 Å². The van der Waals surface area contributed by atoms with Crippen LogP contribution >= 0.6 is 0 Å². The van der Waals surface area contributed by atoms with E-state index < -0.39 is 6.09 Å². The van der Waals surface area contributed by atoms with Gasteiger partial charge in [0, 0.05) is 0 Å². The molecule has 3 heteroatoms. The highest BCUT2D eigenvalue weighted by molar-refractivity contribution is 5.69. The molecule has 2 rings (SSSR count). The first kappa shape index (κ1) is 10.2. The van der Waals surface area contributed by atoms with Crippen LogP contribution in [-0.4, -0.2) is 6.09 Å². The van der Waals surface area contributed by atoms with Gasteiger partial charge < -0.3 is 10.5 Å². The van der Waals surface area contributed by atoms with Gasteiger partial charge in [-0.2, -0.15) is 0 Å². The minimum atomic E-state index is -0.799. The minimum absolute atomic E-state index is 0.451. The number of hydrogen-bond donors (Lipinski definition) is 1. The number of carbonyl (C=O) groups excluding carboxylic acids is 1. The van der Waals surface area contributed by atoms with Gasteiger partial charge in [0.15, 0.2) is 0 Å². The van der Waals surface area contributed by atoms with Gasteiger partial charge in [0.2, 0.25) is 0 Å². The number of amides is 1. The van der Waals surface area contributed by atoms with Crippen molar-refractivity contribution in [2.24, 2.45) is 5.73 Å². The fourth-order valence-electron chi connectivity index (χ4n) is 1.46. The third-order valence-corrected chi connectivity index (χ3v) is 2.18. The molecule has 2 aromatic carbocycles. The summed E-state index contributed by atoms with van der Waals surface area (Å²) in [5, 5.41) is 0. The Balaban J connectivity index is 2.23. The Morgan fingerprint density at radius 3 is 2.00 bits per heavy atom. The number of nitrogens with two attached hydrogens (primary N) is 1. The lowest BCUT2D eigenvalue weighted by atomic mass is 10.1. The molecule has 2 aromatic rings. The highest BCUT2D eigenvalue weighted by Crippen LogP contribution is 2.21. The van der Waals surface area contributed by atoms with Gasteiger partial charge in [-0.25, -0.2) is 4.79 Å². The summed E-state index contributed by atoms with van der Waals surface area (Å²) >= 11 is 0. The number of rotatable bonds is 2. The van der Waals surface area contributed by atoms with Crippen LogP contribution in [0.25, 0.3) is 11.1 Å². The standard InChI is InChI=1S/C13H11NO2/c14-13(15)16-12-8-6-11(7-9-12)10-4-2-1-3-5-10/h1-9H,(H2,14,15). The van der Waals surface area contributed by atoms with E-state index in [-0.39, 0.29) is 0 Å². The number of carbonyl (C=O) groups is 1. The third kappa shape index (κ3) is 2.39. The summed E-state index contributed by atoms with van der Waals surface area (Å²) in [6.45, 7) is 0. The van der Waals surface area contributed by atoms with E-state index in [9.17, 15) is 4.79 Å². The summed E-state index contributed by atoms with van der Waals surface area (Å²) in [6, 6.07) is 17.1. The molecule has 2 N–H and O–H groups in total. The van der Waals surface area contributed by atoms with Crippen molar-refractivity contribution in [3.63, 3.8) is 0 Å². The Morgan fingerprint density at radius 1 is 0.875 bits per heavy atom. The van der Waals surface area contributed by atoms with E-state index in [1.165, 1.54) is 0 Å². The summed E-state index contributed by atoms with van der Waals surface area (Å²) in [7, 11) is 0. The fraction of sp³-hybridized carbons (Fsp3) is 0. The lowest BCUT2D eigenvalue weighted by Gasteiger charge is -2.03. The largest absolute Gasteiger partial charge is 0.411 e. The lowest BCUT2D eigenvalue weighted by molar-refractivity contribution is 0.211. The average Bonchev–Trinajstić information content (AvgIpc) is 2.30. The maximum Gasteiger partial charge on any atom is 0.409 e. The molecule has 80 valence electrons. The van der Waals surface area contributed by atoms with Crippen LogP contribution in [0.5, 0.6) is 5.75 Å². The van der Waals surface area contributed by atoms with Gasteiger partial charge in [-0.15, -0.1) is 0 Å². The first-order chi connectivity index (χ1) is 7.75. The second kappa shape index (κ2) is 4.49. The molecule has 3 nitrogen and oxygen atoms in total. The summed E-state index contributed by atoms with van der Waals surface area (Å²) in [6.07, 6.45) is -0.799. The monoisotopic (exact) mass is 213 g/mol. The Kier molecular flexibility index (Phi) is 2.87. The minimum Gasteiger partial charge on any atom is -0.411 e. The average molecular weight is 213 g/mol. The highest BCUT2D eigenvalue weighted by Gasteiger charge is 1.99. The zero-order valence-electron chi connectivity index (χ0n) is 8.59. The quantitative estimate of drug-likeness (QED) is 0.833. The van der Waals surface area contributed by atoms with Crippen LogP contribution in [-0.2, 0) is 0 Å². The number of hydrogen-bond acceptors (Lipinski definition) is 2. The third-order valence-electron chi connectivity index (χ3n) is 2.18. The van der Waals surface area contributed by atoms with Crippen molar-refractivity contribution in [2.45, 2.75) is 0 Å². The molecule has 0 heterocycles. The topological polar surface area (TPSA) is 52.3 Å². The summed E-state index contributed by atoms with van der Waals surface area (Å²) < 4.78 is 4.74. The van der Waals surface area contributed by atoms with Crippen molar-refractivity contribution in [1.82, 2.24) is 0 Å². The van der Waals surface area contributed by atoms with Crippen LogP contribution in [0.2, 0.25) is 0 Å². The van der Waals surface area contributed by atoms with E-state index in [4.69, 9.17) is 10.5 Å². The Labute approximate surface area is 93.5 Å². The van der Waals surface area contributed by atoms with Crippen molar-refractivity contribution in [3.05, 3.63) is 54.6 Å². The van der Waals surface area contributed by atoms with Gasteiger partial charge in [0.05, 0.1) is 0 Å². The zero-order valence-corrected chi connectivity index (χ0v) is 8.59. The fourth-order valence-corrected chi connectivity index (χ4v) is 1.46. The van der Waals surface area contributed by atoms with E-state index >= 15 is 0 Å². The first-order valence-corrected chi connectivity index (χ1v) is 4.88. The normalized spacial score (nSPS) is 9.75. The van der Waals surface area contributed by atoms with E-state index in [1.807, 2.05) is 42.5 Å². The second-order valence-electron chi connectivity index (χ2n) is 3.31. The van der Waals surface area contributed by atoms with Crippen LogP contribution in [0.3, 0.4) is 0 Å². The molecule has 0 saturated heterocycles. The predicted octanol–water partition coefficient (Wildman–Crippen LogP) is 2.81. The van der Waals surface area contributed by atoms with Gasteiger partial charge in [-0.3, -0.25) is 0 Å². The highest BCUT2D eigenvalue weighted by atomic mass is 16.5. The van der Waals surface area contributed by atoms with Crippen molar-refractivity contribution in [2.75, 3.05) is 0 Å². The van der Waals surface area contributed by atoms with Crippen LogP contribution in [0.4, 0.5) is 4.79 Å². The predicted molar refractivity (Wildman–Crippen MR) is 62.1 cm³/mol. The molecule has 0 unspecified atom stereocenters. The molecular formula is C13H11NO2. The van der Waals surface area contributed by atoms with Gasteiger partial charge in [-0.1, -0.05) is 42.5 Å². The van der Waals surface area contributed by atoms with E-state index in [1.54, 1.807) is 12.1 Å². The molecule has 0 aliphatic heterocycles. The molecule has 0 spiro atoms. The Morgan fingerprint density at radius 2 is 1.44 bits per heavy atom. The number of primary amides is 1. The molecule has 1 amide bonds. The van der Waals surface area contributed by atoms with Crippen LogP contribution < -0.4 is 10.5 Å². The van der Waals surface area contributed by atoms with E-state index in [0.717, 1.165) is 11.1 Å². The SMILES string of the molecule is NC(=O)Oc1ccc(-c2ccccc2)cc1. The maximum atomic E-state index is 10.5. The molecular weight excluding hydrogens is 202 g/mol. The van der Waals surface area contributed by atoms with Crippen LogP contribution in [0.15, 0.2) is 54.6 Å². The first-order valence-electron chi connectivity index (χ1n) is 4.88. The summed E-state index contributed by atoms with van der Waals surface area (Å²) in [4.78, 5) is 10.5. The number of benzene rings is 2. The smallest absolute Gasteiger partial charge is 0.409 e.